The van der Waals surface area contributed by atoms with Gasteiger partial charge in [0, 0.05) is 19.0 Å². The number of hydrogen-bond donors (Lipinski definition) is 2. The fourth-order valence-corrected chi connectivity index (χ4v) is 1.74. The molecule has 0 radical (unpaired) electrons. The van der Waals surface area contributed by atoms with Crippen molar-refractivity contribution in [2.45, 2.75) is 19.1 Å². The summed E-state index contributed by atoms with van der Waals surface area (Å²) in [4.78, 5) is 10.8. The lowest BCUT2D eigenvalue weighted by atomic mass is 9.95. The van der Waals surface area contributed by atoms with Crippen LogP contribution in [-0.2, 0) is 4.74 Å². The van der Waals surface area contributed by atoms with Gasteiger partial charge in [-0.3, -0.25) is 0 Å². The summed E-state index contributed by atoms with van der Waals surface area (Å²) in [5, 5.41) is 5.99. The van der Waals surface area contributed by atoms with E-state index >= 15 is 0 Å². The minimum absolute atomic E-state index is 0.0868. The molecule has 2 saturated heterocycles. The van der Waals surface area contributed by atoms with Crippen LogP contribution in [0.4, 0.5) is 4.79 Å². The van der Waals surface area contributed by atoms with Gasteiger partial charge in [0.2, 0.25) is 0 Å². The van der Waals surface area contributed by atoms with Crippen molar-refractivity contribution in [3.63, 3.8) is 0 Å². The zero-order chi connectivity index (χ0) is 7.84. The van der Waals surface area contributed by atoms with Crippen LogP contribution in [0, 0.1) is 5.92 Å². The van der Waals surface area contributed by atoms with E-state index in [0.29, 0.717) is 5.92 Å². The molecule has 0 spiro atoms. The van der Waals surface area contributed by atoms with Crippen molar-refractivity contribution >= 4 is 6.09 Å². The van der Waals surface area contributed by atoms with Crippen LogP contribution in [0.1, 0.15) is 6.92 Å². The standard InChI is InChI=1S/C7H12N2O2/c1-4-2-8-3-5-6(4)11-7(10)9-5/h4-6,8H,2-3H2,1H3,(H,9,10)/t4?,5?,6-/m0/s1. The van der Waals surface area contributed by atoms with E-state index in [1.165, 1.54) is 0 Å². The fourth-order valence-electron chi connectivity index (χ4n) is 1.74. The van der Waals surface area contributed by atoms with Gasteiger partial charge < -0.3 is 15.4 Å². The van der Waals surface area contributed by atoms with Gasteiger partial charge in [0.15, 0.2) is 0 Å². The Balaban J connectivity index is 2.09. The summed E-state index contributed by atoms with van der Waals surface area (Å²) in [5.41, 5.74) is 0. The molecule has 0 bridgehead atoms. The summed E-state index contributed by atoms with van der Waals surface area (Å²) in [7, 11) is 0. The Morgan fingerprint density at radius 3 is 3.09 bits per heavy atom. The molecule has 1 amide bonds. The molecular formula is C7H12N2O2. The van der Waals surface area contributed by atoms with E-state index in [-0.39, 0.29) is 18.2 Å². The van der Waals surface area contributed by atoms with Crippen molar-refractivity contribution in [3.8, 4) is 0 Å². The molecule has 0 aromatic rings. The van der Waals surface area contributed by atoms with Gasteiger partial charge in [0.1, 0.15) is 6.10 Å². The van der Waals surface area contributed by atoms with Gasteiger partial charge in [-0.2, -0.15) is 0 Å². The Morgan fingerprint density at radius 1 is 1.55 bits per heavy atom. The summed E-state index contributed by atoms with van der Waals surface area (Å²) in [6.07, 6.45) is -0.181. The van der Waals surface area contributed by atoms with E-state index in [1.807, 2.05) is 0 Å². The molecule has 4 nitrogen and oxygen atoms in total. The summed E-state index contributed by atoms with van der Waals surface area (Å²) in [6.45, 7) is 3.86. The number of ether oxygens (including phenoxy) is 1. The number of nitrogens with one attached hydrogen (secondary N) is 2. The average molecular weight is 156 g/mol. The molecule has 0 aliphatic carbocycles. The first-order valence-electron chi connectivity index (χ1n) is 3.95. The molecular weight excluding hydrogens is 144 g/mol. The molecule has 3 atom stereocenters. The van der Waals surface area contributed by atoms with Gasteiger partial charge in [-0.15, -0.1) is 0 Å². The van der Waals surface area contributed by atoms with Crippen LogP contribution in [0.5, 0.6) is 0 Å². The highest BCUT2D eigenvalue weighted by molar-refractivity contribution is 5.70. The van der Waals surface area contributed by atoms with Crippen LogP contribution in [0.25, 0.3) is 0 Å². The van der Waals surface area contributed by atoms with Gasteiger partial charge >= 0.3 is 6.09 Å². The molecule has 0 aromatic heterocycles. The third-order valence-electron chi connectivity index (χ3n) is 2.33. The van der Waals surface area contributed by atoms with Crippen LogP contribution in [0.3, 0.4) is 0 Å². The molecule has 2 fully saturated rings. The van der Waals surface area contributed by atoms with E-state index in [2.05, 4.69) is 17.6 Å². The van der Waals surface area contributed by atoms with Crippen molar-refractivity contribution in [2.24, 2.45) is 5.92 Å². The third kappa shape index (κ3) is 1.07. The second kappa shape index (κ2) is 2.37. The van der Waals surface area contributed by atoms with Gasteiger partial charge in [0.25, 0.3) is 0 Å². The highest BCUT2D eigenvalue weighted by Crippen LogP contribution is 2.19. The minimum atomic E-state index is -0.268. The van der Waals surface area contributed by atoms with E-state index in [1.54, 1.807) is 0 Å². The third-order valence-corrected chi connectivity index (χ3v) is 2.33. The molecule has 2 heterocycles. The minimum Gasteiger partial charge on any atom is -0.444 e. The van der Waals surface area contributed by atoms with Crippen LogP contribution in [0.2, 0.25) is 0 Å². The van der Waals surface area contributed by atoms with E-state index in [0.717, 1.165) is 13.1 Å². The zero-order valence-electron chi connectivity index (χ0n) is 6.46. The molecule has 2 aliphatic rings. The monoisotopic (exact) mass is 156 g/mol. The van der Waals surface area contributed by atoms with Crippen molar-refractivity contribution in [2.75, 3.05) is 13.1 Å². The molecule has 2 rings (SSSR count). The molecule has 4 heteroatoms. The number of fused-ring (bicyclic) bond motifs is 1. The highest BCUT2D eigenvalue weighted by Gasteiger charge is 2.39. The predicted molar refractivity (Wildman–Crippen MR) is 39.2 cm³/mol. The Morgan fingerprint density at radius 2 is 2.36 bits per heavy atom. The largest absolute Gasteiger partial charge is 0.444 e. The molecule has 62 valence electrons. The number of rotatable bonds is 0. The number of piperidine rings is 1. The lowest BCUT2D eigenvalue weighted by Crippen LogP contribution is -2.51. The summed E-state index contributed by atoms with van der Waals surface area (Å²) >= 11 is 0. The lowest BCUT2D eigenvalue weighted by Gasteiger charge is -2.28. The van der Waals surface area contributed by atoms with Gasteiger partial charge in [-0.05, 0) is 0 Å². The second-order valence-electron chi connectivity index (χ2n) is 3.26. The number of alkyl carbamates (subject to hydrolysis) is 1. The maximum Gasteiger partial charge on any atom is 0.407 e. The number of amides is 1. The zero-order valence-corrected chi connectivity index (χ0v) is 6.46. The maximum absolute atomic E-state index is 10.8. The van der Waals surface area contributed by atoms with Gasteiger partial charge in [-0.1, -0.05) is 6.92 Å². The van der Waals surface area contributed by atoms with Crippen LogP contribution in [-0.4, -0.2) is 31.3 Å². The molecule has 2 aliphatic heterocycles. The maximum atomic E-state index is 10.8. The number of carbonyl (C=O) groups is 1. The topological polar surface area (TPSA) is 50.4 Å². The Bertz CT molecular complexity index is 183. The molecule has 2 N–H and O–H groups in total. The number of carbonyl (C=O) groups excluding carboxylic acids is 1. The van der Waals surface area contributed by atoms with E-state index in [4.69, 9.17) is 4.74 Å². The van der Waals surface area contributed by atoms with E-state index < -0.39 is 0 Å². The van der Waals surface area contributed by atoms with Crippen LogP contribution < -0.4 is 10.6 Å². The normalized spacial score (nSPS) is 42.6. The van der Waals surface area contributed by atoms with Crippen molar-refractivity contribution in [3.05, 3.63) is 0 Å². The van der Waals surface area contributed by atoms with Crippen molar-refractivity contribution in [1.82, 2.24) is 10.6 Å². The Hall–Kier alpha value is -0.770. The van der Waals surface area contributed by atoms with Crippen molar-refractivity contribution < 1.29 is 9.53 Å². The Kier molecular flexibility index (Phi) is 1.49. The predicted octanol–water partition coefficient (Wildman–Crippen LogP) is -0.297. The van der Waals surface area contributed by atoms with Crippen LogP contribution >= 0.6 is 0 Å². The molecule has 0 saturated carbocycles. The number of hydrogen-bond acceptors (Lipinski definition) is 3. The molecule has 11 heavy (non-hydrogen) atoms. The first-order chi connectivity index (χ1) is 5.27. The smallest absolute Gasteiger partial charge is 0.407 e. The SMILES string of the molecule is CC1CNCC2NC(=O)O[C@@H]12. The summed E-state index contributed by atoms with van der Waals surface area (Å²) < 4.78 is 5.09. The summed E-state index contributed by atoms with van der Waals surface area (Å²) in [5.74, 6) is 0.424. The quantitative estimate of drug-likeness (QED) is 0.506. The summed E-state index contributed by atoms with van der Waals surface area (Å²) in [6, 6.07) is 0.186. The van der Waals surface area contributed by atoms with Gasteiger partial charge in [0.05, 0.1) is 6.04 Å². The van der Waals surface area contributed by atoms with E-state index in [9.17, 15) is 4.79 Å². The first kappa shape index (κ1) is 6.91. The highest BCUT2D eigenvalue weighted by atomic mass is 16.6. The van der Waals surface area contributed by atoms with Crippen LogP contribution in [0.15, 0.2) is 0 Å². The lowest BCUT2D eigenvalue weighted by molar-refractivity contribution is 0.0831. The second-order valence-corrected chi connectivity index (χ2v) is 3.26. The Labute approximate surface area is 65.3 Å². The van der Waals surface area contributed by atoms with Gasteiger partial charge in [-0.25, -0.2) is 4.79 Å². The first-order valence-corrected chi connectivity index (χ1v) is 3.95. The average Bonchev–Trinajstić information content (AvgIpc) is 2.31. The fraction of sp³-hybridized carbons (Fsp3) is 0.857. The molecule has 2 unspecified atom stereocenters. The van der Waals surface area contributed by atoms with Crippen molar-refractivity contribution in [1.29, 1.82) is 0 Å². The molecule has 0 aromatic carbocycles.